The number of carbonyl (C=O) groups is 1. The molecule has 1 aromatic carbocycles. The minimum absolute atomic E-state index is 0.169. The van der Waals surface area contributed by atoms with Gasteiger partial charge in [-0.1, -0.05) is 36.2 Å². The summed E-state index contributed by atoms with van der Waals surface area (Å²) >= 11 is 12.1. The maximum absolute atomic E-state index is 11.5. The van der Waals surface area contributed by atoms with Gasteiger partial charge in [0.1, 0.15) is 0 Å². The zero-order valence-electron chi connectivity index (χ0n) is 10.7. The van der Waals surface area contributed by atoms with Crippen LogP contribution < -0.4 is 5.73 Å². The fraction of sp³-hybridized carbons (Fsp3) is 0.462. The number of nitrogens with two attached hydrogens (primary N) is 1. The lowest BCUT2D eigenvalue weighted by Gasteiger charge is -2.33. The molecular weight excluding hydrogens is 273 g/mol. The van der Waals surface area contributed by atoms with Crippen molar-refractivity contribution in [2.24, 2.45) is 5.73 Å². The Morgan fingerprint density at radius 3 is 2.56 bits per heavy atom. The van der Waals surface area contributed by atoms with Gasteiger partial charge in [0.15, 0.2) is 0 Å². The van der Waals surface area contributed by atoms with E-state index in [0.29, 0.717) is 10.0 Å². The Bertz CT molecular complexity index is 449. The second-order valence-corrected chi connectivity index (χ2v) is 5.43. The summed E-state index contributed by atoms with van der Waals surface area (Å²) in [5, 5.41) is 1.06. The largest absolute Gasteiger partial charge is 0.469 e. The van der Waals surface area contributed by atoms with Crippen molar-refractivity contribution in [1.82, 2.24) is 0 Å². The first-order valence-electron chi connectivity index (χ1n) is 5.59. The van der Waals surface area contributed by atoms with Crippen LogP contribution in [0.5, 0.6) is 0 Å². The molecule has 5 heteroatoms. The molecule has 3 nitrogen and oxygen atoms in total. The van der Waals surface area contributed by atoms with Crippen molar-refractivity contribution in [3.8, 4) is 0 Å². The van der Waals surface area contributed by atoms with Crippen LogP contribution in [0.15, 0.2) is 18.2 Å². The van der Waals surface area contributed by atoms with E-state index >= 15 is 0 Å². The number of halogens is 2. The van der Waals surface area contributed by atoms with Crippen molar-refractivity contribution in [3.63, 3.8) is 0 Å². The summed E-state index contributed by atoms with van der Waals surface area (Å²) in [4.78, 5) is 11.5. The van der Waals surface area contributed by atoms with E-state index in [0.717, 1.165) is 5.56 Å². The molecule has 2 unspecified atom stereocenters. The third kappa shape index (κ3) is 3.16. The van der Waals surface area contributed by atoms with E-state index in [2.05, 4.69) is 0 Å². The predicted molar refractivity (Wildman–Crippen MR) is 74.1 cm³/mol. The smallest absolute Gasteiger partial charge is 0.306 e. The molecule has 0 saturated carbocycles. The number of benzene rings is 1. The van der Waals surface area contributed by atoms with Crippen LogP contribution in [0.25, 0.3) is 0 Å². The lowest BCUT2D eigenvalue weighted by atomic mass is 9.74. The molecule has 0 fully saturated rings. The van der Waals surface area contributed by atoms with Gasteiger partial charge in [-0.2, -0.15) is 0 Å². The lowest BCUT2D eigenvalue weighted by Crippen LogP contribution is -2.43. The molecule has 0 aliphatic heterocycles. The monoisotopic (exact) mass is 289 g/mol. The Kier molecular flexibility index (Phi) is 5.02. The molecule has 0 amide bonds. The molecular formula is C13H17Cl2NO2. The highest BCUT2D eigenvalue weighted by Crippen LogP contribution is 2.36. The number of hydrogen-bond donors (Lipinski definition) is 1. The number of methoxy groups -OCH3 is 1. The van der Waals surface area contributed by atoms with Gasteiger partial charge in [0, 0.05) is 21.5 Å². The Labute approximate surface area is 117 Å². The SMILES string of the molecule is COC(=O)CC(C)(c1ccc(Cl)cc1Cl)C(C)N. The van der Waals surface area contributed by atoms with Crippen LogP contribution in [-0.4, -0.2) is 19.1 Å². The summed E-state index contributed by atoms with van der Waals surface area (Å²) in [5.41, 5.74) is 6.22. The molecule has 0 aromatic heterocycles. The number of rotatable bonds is 4. The zero-order valence-corrected chi connectivity index (χ0v) is 12.2. The molecule has 0 bridgehead atoms. The maximum atomic E-state index is 11.5. The van der Waals surface area contributed by atoms with Gasteiger partial charge in [0.25, 0.3) is 0 Å². The Morgan fingerprint density at radius 2 is 2.11 bits per heavy atom. The quantitative estimate of drug-likeness (QED) is 0.867. The minimum Gasteiger partial charge on any atom is -0.469 e. The van der Waals surface area contributed by atoms with Crippen LogP contribution in [0.2, 0.25) is 10.0 Å². The summed E-state index contributed by atoms with van der Waals surface area (Å²) in [6.07, 6.45) is 0.169. The second-order valence-electron chi connectivity index (χ2n) is 4.58. The highest BCUT2D eigenvalue weighted by molar-refractivity contribution is 6.35. The average molecular weight is 290 g/mol. The van der Waals surface area contributed by atoms with Gasteiger partial charge >= 0.3 is 5.97 Å². The molecule has 18 heavy (non-hydrogen) atoms. The highest BCUT2D eigenvalue weighted by atomic mass is 35.5. The molecule has 0 aliphatic rings. The van der Waals surface area contributed by atoms with Crippen molar-refractivity contribution in [2.45, 2.75) is 31.7 Å². The number of hydrogen-bond acceptors (Lipinski definition) is 3. The van der Waals surface area contributed by atoms with Crippen molar-refractivity contribution >= 4 is 29.2 Å². The first-order chi connectivity index (χ1) is 8.31. The predicted octanol–water partition coefficient (Wildman–Crippen LogP) is 3.16. The van der Waals surface area contributed by atoms with E-state index in [-0.39, 0.29) is 18.4 Å². The van der Waals surface area contributed by atoms with Gasteiger partial charge in [-0.15, -0.1) is 0 Å². The molecule has 1 aromatic rings. The molecule has 100 valence electrons. The van der Waals surface area contributed by atoms with E-state index in [9.17, 15) is 4.79 Å². The first-order valence-corrected chi connectivity index (χ1v) is 6.34. The second kappa shape index (κ2) is 5.91. The highest BCUT2D eigenvalue weighted by Gasteiger charge is 2.35. The standard InChI is InChI=1S/C13H17Cl2NO2/c1-8(16)13(2,7-12(17)18-3)10-5-4-9(14)6-11(10)15/h4-6,8H,7,16H2,1-3H3. The molecule has 2 atom stereocenters. The first kappa shape index (κ1) is 15.3. The van der Waals surface area contributed by atoms with Crippen LogP contribution in [0, 0.1) is 0 Å². The van der Waals surface area contributed by atoms with Crippen LogP contribution in [0.4, 0.5) is 0 Å². The van der Waals surface area contributed by atoms with Crippen LogP contribution in [0.3, 0.4) is 0 Å². The lowest BCUT2D eigenvalue weighted by molar-refractivity contribution is -0.142. The molecule has 0 heterocycles. The van der Waals surface area contributed by atoms with Gasteiger partial charge in [-0.25, -0.2) is 0 Å². The van der Waals surface area contributed by atoms with Crippen LogP contribution in [-0.2, 0) is 14.9 Å². The number of carbonyl (C=O) groups excluding carboxylic acids is 1. The van der Waals surface area contributed by atoms with E-state index in [1.807, 2.05) is 13.8 Å². The number of ether oxygens (including phenoxy) is 1. The fourth-order valence-corrected chi connectivity index (χ4v) is 2.45. The van der Waals surface area contributed by atoms with Gasteiger partial charge in [0.05, 0.1) is 13.5 Å². The van der Waals surface area contributed by atoms with Gasteiger partial charge in [0.2, 0.25) is 0 Å². The zero-order chi connectivity index (χ0) is 13.9. The van der Waals surface area contributed by atoms with E-state index in [1.54, 1.807) is 18.2 Å². The average Bonchev–Trinajstić information content (AvgIpc) is 2.28. The van der Waals surface area contributed by atoms with Crippen molar-refractivity contribution in [1.29, 1.82) is 0 Å². The third-order valence-electron chi connectivity index (χ3n) is 3.29. The van der Waals surface area contributed by atoms with E-state index < -0.39 is 5.41 Å². The van der Waals surface area contributed by atoms with E-state index in [1.165, 1.54) is 7.11 Å². The summed E-state index contributed by atoms with van der Waals surface area (Å²) in [7, 11) is 1.35. The molecule has 2 N–H and O–H groups in total. The Balaban J connectivity index is 3.22. The van der Waals surface area contributed by atoms with Gasteiger partial charge < -0.3 is 10.5 Å². The van der Waals surface area contributed by atoms with Crippen molar-refractivity contribution in [3.05, 3.63) is 33.8 Å². The van der Waals surface area contributed by atoms with Crippen molar-refractivity contribution in [2.75, 3.05) is 7.11 Å². The van der Waals surface area contributed by atoms with E-state index in [4.69, 9.17) is 33.7 Å². The Morgan fingerprint density at radius 1 is 1.50 bits per heavy atom. The maximum Gasteiger partial charge on any atom is 0.306 e. The Hall–Kier alpha value is -0.770. The molecule has 0 saturated heterocycles. The topological polar surface area (TPSA) is 52.3 Å². The number of esters is 1. The van der Waals surface area contributed by atoms with Gasteiger partial charge in [-0.3, -0.25) is 4.79 Å². The minimum atomic E-state index is -0.589. The molecule has 0 spiro atoms. The summed E-state index contributed by atoms with van der Waals surface area (Å²) < 4.78 is 4.72. The normalized spacial score (nSPS) is 15.9. The third-order valence-corrected chi connectivity index (χ3v) is 3.84. The van der Waals surface area contributed by atoms with Crippen molar-refractivity contribution < 1.29 is 9.53 Å². The molecule has 0 aliphatic carbocycles. The molecule has 0 radical (unpaired) electrons. The summed E-state index contributed by atoms with van der Waals surface area (Å²) in [5.74, 6) is -0.319. The van der Waals surface area contributed by atoms with Crippen LogP contribution >= 0.6 is 23.2 Å². The molecule has 1 rings (SSSR count). The fourth-order valence-electron chi connectivity index (χ4n) is 1.83. The van der Waals surface area contributed by atoms with Crippen LogP contribution in [0.1, 0.15) is 25.8 Å². The van der Waals surface area contributed by atoms with Gasteiger partial charge in [-0.05, 0) is 24.6 Å². The summed E-state index contributed by atoms with van der Waals surface area (Å²) in [6.45, 7) is 3.73. The summed E-state index contributed by atoms with van der Waals surface area (Å²) in [6, 6.07) is 4.93.